The minimum absolute atomic E-state index is 0.167. The number of halogens is 3. The van der Waals surface area contributed by atoms with Crippen molar-refractivity contribution in [1.29, 1.82) is 0 Å². The Morgan fingerprint density at radius 2 is 1.81 bits per heavy atom. The Labute approximate surface area is 243 Å². The van der Waals surface area contributed by atoms with Crippen molar-refractivity contribution in [2.24, 2.45) is 0 Å². The number of furan rings is 1. The van der Waals surface area contributed by atoms with Crippen LogP contribution in [0.25, 0.3) is 22.4 Å². The van der Waals surface area contributed by atoms with Gasteiger partial charge in [-0.25, -0.2) is 9.78 Å². The normalized spacial score (nSPS) is 16.8. The van der Waals surface area contributed by atoms with Crippen molar-refractivity contribution in [1.82, 2.24) is 14.8 Å². The Morgan fingerprint density at radius 3 is 2.40 bits per heavy atom. The molecule has 4 heterocycles. The number of carboxylic acid groups (broad SMARTS) is 1. The number of piperidine rings is 1. The third kappa shape index (κ3) is 8.07. The third-order valence-corrected chi connectivity index (χ3v) is 7.79. The number of aryl methyl sites for hydroxylation is 1. The fourth-order valence-corrected chi connectivity index (χ4v) is 5.39. The van der Waals surface area contributed by atoms with Gasteiger partial charge in [0.2, 0.25) is 0 Å². The van der Waals surface area contributed by atoms with Crippen LogP contribution in [0.2, 0.25) is 0 Å². The van der Waals surface area contributed by atoms with E-state index in [1.165, 1.54) is 25.9 Å². The summed E-state index contributed by atoms with van der Waals surface area (Å²) >= 11 is 0. The summed E-state index contributed by atoms with van der Waals surface area (Å²) in [6, 6.07) is 10.2. The van der Waals surface area contributed by atoms with Gasteiger partial charge in [-0.2, -0.15) is 13.2 Å². The molecule has 0 unspecified atom stereocenters. The average Bonchev–Trinajstić information content (AvgIpc) is 3.62. The van der Waals surface area contributed by atoms with Crippen LogP contribution in [0.5, 0.6) is 11.5 Å². The quantitative estimate of drug-likeness (QED) is 0.327. The summed E-state index contributed by atoms with van der Waals surface area (Å²) in [5, 5.41) is 18.9. The highest BCUT2D eigenvalue weighted by molar-refractivity contribution is 5.96. The molecular formula is C30H39F3N4O5. The van der Waals surface area contributed by atoms with Gasteiger partial charge in [-0.1, -0.05) is 0 Å². The van der Waals surface area contributed by atoms with Crippen LogP contribution in [0, 0.1) is 6.92 Å². The molecule has 0 saturated carbocycles. The Kier molecular flexibility index (Phi) is 10.2. The maximum Gasteiger partial charge on any atom is 0.490 e. The molecule has 2 aliphatic heterocycles. The number of aromatic nitrogens is 1. The molecule has 0 bridgehead atoms. The monoisotopic (exact) mass is 592 g/mol. The van der Waals surface area contributed by atoms with Crippen LogP contribution in [0.15, 0.2) is 34.7 Å². The lowest BCUT2D eigenvalue weighted by Gasteiger charge is -2.37. The van der Waals surface area contributed by atoms with E-state index in [9.17, 15) is 18.3 Å². The fourth-order valence-electron chi connectivity index (χ4n) is 5.39. The second kappa shape index (κ2) is 13.6. The number of pyridine rings is 1. The van der Waals surface area contributed by atoms with Gasteiger partial charge in [0.05, 0.1) is 12.1 Å². The summed E-state index contributed by atoms with van der Waals surface area (Å²) < 4.78 is 43.7. The second-order valence-electron chi connectivity index (χ2n) is 11.0. The predicted molar refractivity (Wildman–Crippen MR) is 154 cm³/mol. The molecule has 0 atom stereocenters. The minimum Gasteiger partial charge on any atom is -0.504 e. The zero-order chi connectivity index (χ0) is 30.4. The van der Waals surface area contributed by atoms with Crippen LogP contribution >= 0.6 is 0 Å². The zero-order valence-corrected chi connectivity index (χ0v) is 24.3. The van der Waals surface area contributed by atoms with E-state index < -0.39 is 12.1 Å². The van der Waals surface area contributed by atoms with Crippen molar-refractivity contribution in [3.63, 3.8) is 0 Å². The molecule has 1 aromatic carbocycles. The molecule has 0 amide bonds. The standard InChI is InChI=1S/C28H38N4O3.C2HF3O2/c1-20-7-8-27(35-20)24-18-25(31(3)21-9-14-30(2)15-10-21)22-17-26(33)28(19-23(22)29-24)34-16-6-13-32-11-4-5-12-32;3-2(4,5)1(6)7/h7-8,17-19,21,33H,4-6,9-16H2,1-3H3;(H,6,7). The first-order chi connectivity index (χ1) is 19.9. The molecule has 230 valence electrons. The summed E-state index contributed by atoms with van der Waals surface area (Å²) in [6.45, 7) is 8.12. The molecular weight excluding hydrogens is 553 g/mol. The van der Waals surface area contributed by atoms with Gasteiger partial charge >= 0.3 is 12.1 Å². The van der Waals surface area contributed by atoms with Crippen LogP contribution in [0.4, 0.5) is 18.9 Å². The number of likely N-dealkylation sites (tertiary alicyclic amines) is 2. The zero-order valence-electron chi connectivity index (χ0n) is 24.3. The number of carboxylic acids is 1. The third-order valence-electron chi connectivity index (χ3n) is 7.79. The lowest BCUT2D eigenvalue weighted by Crippen LogP contribution is -2.42. The van der Waals surface area contributed by atoms with Crippen LogP contribution in [-0.2, 0) is 4.79 Å². The van der Waals surface area contributed by atoms with E-state index in [2.05, 4.69) is 34.9 Å². The minimum atomic E-state index is -5.08. The Bertz CT molecular complexity index is 1350. The van der Waals surface area contributed by atoms with Gasteiger partial charge in [0.1, 0.15) is 11.5 Å². The number of rotatable bonds is 8. The maximum atomic E-state index is 10.9. The highest BCUT2D eigenvalue weighted by Crippen LogP contribution is 2.39. The van der Waals surface area contributed by atoms with Crippen LogP contribution in [-0.4, -0.2) is 96.6 Å². The van der Waals surface area contributed by atoms with Crippen LogP contribution < -0.4 is 9.64 Å². The number of anilines is 1. The van der Waals surface area contributed by atoms with E-state index in [4.69, 9.17) is 24.0 Å². The Hall–Kier alpha value is -3.51. The molecule has 2 fully saturated rings. The molecule has 9 nitrogen and oxygen atoms in total. The van der Waals surface area contributed by atoms with Crippen molar-refractivity contribution < 1.29 is 37.3 Å². The lowest BCUT2D eigenvalue weighted by atomic mass is 10.0. The summed E-state index contributed by atoms with van der Waals surface area (Å²) in [4.78, 5) is 21.0. The Balaban J connectivity index is 0.000000517. The number of fused-ring (bicyclic) bond motifs is 1. The number of benzene rings is 1. The highest BCUT2D eigenvalue weighted by atomic mass is 19.4. The second-order valence-corrected chi connectivity index (χ2v) is 11.0. The summed E-state index contributed by atoms with van der Waals surface area (Å²) in [5.74, 6) is -0.483. The number of nitrogens with zero attached hydrogens (tertiary/aromatic N) is 4. The average molecular weight is 593 g/mol. The maximum absolute atomic E-state index is 10.9. The molecule has 2 aromatic heterocycles. The van der Waals surface area contributed by atoms with Gasteiger partial charge in [0.15, 0.2) is 17.3 Å². The number of aliphatic carboxylic acids is 1. The number of ether oxygens (including phenoxy) is 1. The van der Waals surface area contributed by atoms with Gasteiger partial charge in [-0.15, -0.1) is 0 Å². The van der Waals surface area contributed by atoms with Crippen molar-refractivity contribution in [2.45, 2.75) is 51.2 Å². The Morgan fingerprint density at radius 1 is 1.14 bits per heavy atom. The van der Waals surface area contributed by atoms with Gasteiger partial charge in [0.25, 0.3) is 0 Å². The van der Waals surface area contributed by atoms with Gasteiger partial charge in [-0.05, 0) is 96.5 Å². The number of carbonyl (C=O) groups is 1. The van der Waals surface area contributed by atoms with E-state index in [0.29, 0.717) is 18.4 Å². The topological polar surface area (TPSA) is 103 Å². The number of hydrogen-bond acceptors (Lipinski definition) is 8. The summed E-state index contributed by atoms with van der Waals surface area (Å²) in [7, 11) is 4.34. The fraction of sp³-hybridized carbons (Fsp3) is 0.533. The van der Waals surface area contributed by atoms with E-state index in [1.54, 1.807) is 0 Å². The largest absolute Gasteiger partial charge is 0.504 e. The molecule has 2 N–H and O–H groups in total. The molecule has 2 aliphatic rings. The van der Waals surface area contributed by atoms with Gasteiger partial charge in [-0.3, -0.25) is 0 Å². The van der Waals surface area contributed by atoms with Crippen LogP contribution in [0.1, 0.15) is 37.9 Å². The lowest BCUT2D eigenvalue weighted by molar-refractivity contribution is -0.192. The molecule has 3 aromatic rings. The number of alkyl halides is 3. The molecule has 5 rings (SSSR count). The van der Waals surface area contributed by atoms with Crippen LogP contribution in [0.3, 0.4) is 0 Å². The van der Waals surface area contributed by atoms with Gasteiger partial charge in [0, 0.05) is 36.8 Å². The first-order valence-electron chi connectivity index (χ1n) is 14.2. The SMILES string of the molecule is Cc1ccc(-c2cc(N(C)C3CCN(C)CC3)c3cc(O)c(OCCCN4CCCC4)cc3n2)o1.O=C(O)C(F)(F)F. The molecule has 0 radical (unpaired) electrons. The first kappa shape index (κ1) is 31.4. The van der Waals surface area contributed by atoms with E-state index in [1.807, 2.05) is 31.2 Å². The van der Waals surface area contributed by atoms with E-state index in [-0.39, 0.29) is 5.75 Å². The van der Waals surface area contributed by atoms with Gasteiger partial charge < -0.3 is 34.1 Å². The van der Waals surface area contributed by atoms with E-state index in [0.717, 1.165) is 72.7 Å². The number of aromatic hydroxyl groups is 1. The first-order valence-corrected chi connectivity index (χ1v) is 14.2. The van der Waals surface area contributed by atoms with Crippen molar-refractivity contribution in [2.75, 3.05) is 58.3 Å². The van der Waals surface area contributed by atoms with E-state index >= 15 is 0 Å². The number of phenolic OH excluding ortho intramolecular Hbond substituents is 1. The molecule has 12 heteroatoms. The molecule has 0 spiro atoms. The smallest absolute Gasteiger partial charge is 0.490 e. The summed E-state index contributed by atoms with van der Waals surface area (Å²) in [6.07, 6.45) is 0.668. The van der Waals surface area contributed by atoms with Crippen molar-refractivity contribution >= 4 is 22.6 Å². The number of hydrogen-bond donors (Lipinski definition) is 2. The highest BCUT2D eigenvalue weighted by Gasteiger charge is 2.38. The molecule has 2 saturated heterocycles. The molecule has 0 aliphatic carbocycles. The van der Waals surface area contributed by atoms with Crippen molar-refractivity contribution in [3.05, 3.63) is 36.1 Å². The number of phenols is 1. The predicted octanol–water partition coefficient (Wildman–Crippen LogP) is 5.54. The van der Waals surface area contributed by atoms with Crippen molar-refractivity contribution in [3.8, 4) is 23.0 Å². The molecule has 42 heavy (non-hydrogen) atoms. The summed E-state index contributed by atoms with van der Waals surface area (Å²) in [5.41, 5.74) is 2.66.